The number of hydrogen-bond acceptors (Lipinski definition) is 2. The van der Waals surface area contributed by atoms with Crippen molar-refractivity contribution >= 4 is 5.57 Å². The monoisotopic (exact) mass is 210 g/mol. The van der Waals surface area contributed by atoms with Gasteiger partial charge < -0.3 is 0 Å². The fraction of sp³-hybridized carbons (Fsp3) is 0.143. The van der Waals surface area contributed by atoms with Crippen molar-refractivity contribution in [3.63, 3.8) is 0 Å². The first-order valence-electron chi connectivity index (χ1n) is 5.32. The van der Waals surface area contributed by atoms with Gasteiger partial charge in [0.05, 0.1) is 0 Å². The van der Waals surface area contributed by atoms with E-state index in [1.54, 1.807) is 12.4 Å². The van der Waals surface area contributed by atoms with Crippen molar-refractivity contribution < 1.29 is 0 Å². The summed E-state index contributed by atoms with van der Waals surface area (Å²) in [4.78, 5) is 8.44. The number of benzene rings is 1. The Bertz CT molecular complexity index is 484. The molecular formula is C14H14N2. The van der Waals surface area contributed by atoms with Crippen LogP contribution in [0.3, 0.4) is 0 Å². The minimum atomic E-state index is 0.771. The van der Waals surface area contributed by atoms with Gasteiger partial charge >= 0.3 is 0 Å². The molecule has 0 saturated carbocycles. The summed E-state index contributed by atoms with van der Waals surface area (Å²) >= 11 is 0. The second kappa shape index (κ2) is 4.71. The normalized spacial score (nSPS) is 11.5. The fourth-order valence-corrected chi connectivity index (χ4v) is 1.50. The zero-order valence-electron chi connectivity index (χ0n) is 9.51. The van der Waals surface area contributed by atoms with Crippen LogP contribution in [0.25, 0.3) is 17.0 Å². The summed E-state index contributed by atoms with van der Waals surface area (Å²) in [6, 6.07) is 10.1. The molecule has 1 heterocycles. The smallest absolute Gasteiger partial charge is 0.159 e. The van der Waals surface area contributed by atoms with E-state index >= 15 is 0 Å². The van der Waals surface area contributed by atoms with Gasteiger partial charge in [0.15, 0.2) is 5.82 Å². The van der Waals surface area contributed by atoms with Crippen molar-refractivity contribution in [2.75, 3.05) is 0 Å². The van der Waals surface area contributed by atoms with Crippen LogP contribution in [-0.2, 0) is 0 Å². The molecule has 0 unspecified atom stereocenters. The number of hydrogen-bond donors (Lipinski definition) is 0. The first-order chi connectivity index (χ1) is 7.81. The van der Waals surface area contributed by atoms with Crippen molar-refractivity contribution in [1.29, 1.82) is 0 Å². The summed E-state index contributed by atoms with van der Waals surface area (Å²) in [6.07, 6.45) is 5.62. The summed E-state index contributed by atoms with van der Waals surface area (Å²) in [6.45, 7) is 4.15. The van der Waals surface area contributed by atoms with E-state index in [0.29, 0.717) is 0 Å². The van der Waals surface area contributed by atoms with Crippen molar-refractivity contribution in [2.24, 2.45) is 0 Å². The Balaban J connectivity index is 2.34. The van der Waals surface area contributed by atoms with E-state index in [4.69, 9.17) is 0 Å². The molecule has 0 radical (unpaired) electrons. The molecule has 2 heteroatoms. The maximum absolute atomic E-state index is 4.22. The molecule has 0 aliphatic carbocycles. The molecule has 0 bridgehead atoms. The second-order valence-corrected chi connectivity index (χ2v) is 3.62. The van der Waals surface area contributed by atoms with E-state index < -0.39 is 0 Å². The van der Waals surface area contributed by atoms with E-state index in [2.05, 4.69) is 47.2 Å². The third-order valence-corrected chi connectivity index (χ3v) is 2.60. The highest BCUT2D eigenvalue weighted by molar-refractivity contribution is 5.66. The average Bonchev–Trinajstić information content (AvgIpc) is 2.39. The Hall–Kier alpha value is -1.96. The quantitative estimate of drug-likeness (QED) is 0.757. The minimum Gasteiger partial charge on any atom is -0.237 e. The Labute approximate surface area is 95.7 Å². The first kappa shape index (κ1) is 10.6. The first-order valence-corrected chi connectivity index (χ1v) is 5.32. The van der Waals surface area contributed by atoms with Crippen LogP contribution in [0.15, 0.2) is 48.8 Å². The summed E-state index contributed by atoms with van der Waals surface area (Å²) in [5, 5.41) is 0. The standard InChI is InChI=1S/C14H14N2/c1-3-11(2)12-5-7-13(8-6-12)14-15-9-4-10-16-14/h3-10H,1-2H3/b11-3-. The Kier molecular flexibility index (Phi) is 3.10. The largest absolute Gasteiger partial charge is 0.237 e. The van der Waals surface area contributed by atoms with E-state index in [9.17, 15) is 0 Å². The summed E-state index contributed by atoms with van der Waals surface area (Å²) in [5.41, 5.74) is 3.57. The molecule has 2 aromatic rings. The Morgan fingerprint density at radius 1 is 1.06 bits per heavy atom. The van der Waals surface area contributed by atoms with Crippen LogP contribution >= 0.6 is 0 Å². The van der Waals surface area contributed by atoms with E-state index in [-0.39, 0.29) is 0 Å². The highest BCUT2D eigenvalue weighted by atomic mass is 14.8. The second-order valence-electron chi connectivity index (χ2n) is 3.62. The maximum Gasteiger partial charge on any atom is 0.159 e. The van der Waals surface area contributed by atoms with Gasteiger partial charge in [0.1, 0.15) is 0 Å². The number of rotatable bonds is 2. The summed E-state index contributed by atoms with van der Waals surface area (Å²) in [5.74, 6) is 0.771. The zero-order chi connectivity index (χ0) is 11.4. The SMILES string of the molecule is C/C=C(/C)c1ccc(-c2ncccn2)cc1. The molecule has 0 aliphatic rings. The lowest BCUT2D eigenvalue weighted by Gasteiger charge is -2.03. The van der Waals surface area contributed by atoms with Crippen molar-refractivity contribution in [1.82, 2.24) is 9.97 Å². The molecule has 0 saturated heterocycles. The summed E-state index contributed by atoms with van der Waals surface area (Å²) < 4.78 is 0. The van der Waals surface area contributed by atoms with Gasteiger partial charge in [-0.05, 0) is 31.1 Å². The highest BCUT2D eigenvalue weighted by Crippen LogP contribution is 2.18. The molecule has 2 rings (SSSR count). The molecule has 80 valence electrons. The van der Waals surface area contributed by atoms with E-state index in [0.717, 1.165) is 11.4 Å². The van der Waals surface area contributed by atoms with E-state index in [1.807, 2.05) is 13.0 Å². The molecule has 2 nitrogen and oxygen atoms in total. The lowest BCUT2D eigenvalue weighted by atomic mass is 10.1. The number of nitrogens with zero attached hydrogens (tertiary/aromatic N) is 2. The lowest BCUT2D eigenvalue weighted by molar-refractivity contribution is 1.18. The van der Waals surface area contributed by atoms with Gasteiger partial charge in [-0.3, -0.25) is 0 Å². The Morgan fingerprint density at radius 2 is 1.69 bits per heavy atom. The van der Waals surface area contributed by atoms with Gasteiger partial charge in [0.2, 0.25) is 0 Å². The highest BCUT2D eigenvalue weighted by Gasteiger charge is 2.00. The van der Waals surface area contributed by atoms with Gasteiger partial charge in [0, 0.05) is 18.0 Å². The maximum atomic E-state index is 4.22. The van der Waals surface area contributed by atoms with Gasteiger partial charge in [-0.2, -0.15) is 0 Å². The molecule has 1 aromatic carbocycles. The lowest BCUT2D eigenvalue weighted by Crippen LogP contribution is -1.87. The van der Waals surface area contributed by atoms with Crippen LogP contribution in [-0.4, -0.2) is 9.97 Å². The van der Waals surface area contributed by atoms with Gasteiger partial charge in [-0.1, -0.05) is 30.3 Å². The van der Waals surface area contributed by atoms with Crippen molar-refractivity contribution in [3.8, 4) is 11.4 Å². The average molecular weight is 210 g/mol. The molecule has 16 heavy (non-hydrogen) atoms. The molecular weight excluding hydrogens is 196 g/mol. The molecule has 1 aromatic heterocycles. The summed E-state index contributed by atoms with van der Waals surface area (Å²) in [7, 11) is 0. The van der Waals surface area contributed by atoms with Crippen molar-refractivity contribution in [3.05, 3.63) is 54.4 Å². The topological polar surface area (TPSA) is 25.8 Å². The zero-order valence-corrected chi connectivity index (χ0v) is 9.51. The fourth-order valence-electron chi connectivity index (χ4n) is 1.50. The predicted octanol–water partition coefficient (Wildman–Crippen LogP) is 3.57. The van der Waals surface area contributed by atoms with Gasteiger partial charge in [-0.25, -0.2) is 9.97 Å². The van der Waals surface area contributed by atoms with Crippen LogP contribution < -0.4 is 0 Å². The van der Waals surface area contributed by atoms with Crippen LogP contribution in [0.2, 0.25) is 0 Å². The molecule has 0 N–H and O–H groups in total. The molecule has 0 aliphatic heterocycles. The number of allylic oxidation sites excluding steroid dienone is 2. The Morgan fingerprint density at radius 3 is 2.25 bits per heavy atom. The minimum absolute atomic E-state index is 0.771. The van der Waals surface area contributed by atoms with Crippen LogP contribution in [0.1, 0.15) is 19.4 Å². The van der Waals surface area contributed by atoms with Gasteiger partial charge in [0.25, 0.3) is 0 Å². The molecule has 0 spiro atoms. The van der Waals surface area contributed by atoms with Crippen LogP contribution in [0, 0.1) is 0 Å². The number of aromatic nitrogens is 2. The molecule has 0 amide bonds. The third-order valence-electron chi connectivity index (χ3n) is 2.60. The van der Waals surface area contributed by atoms with E-state index in [1.165, 1.54) is 11.1 Å². The van der Waals surface area contributed by atoms with Gasteiger partial charge in [-0.15, -0.1) is 0 Å². The predicted molar refractivity (Wildman–Crippen MR) is 66.8 cm³/mol. The molecule has 0 fully saturated rings. The van der Waals surface area contributed by atoms with Crippen LogP contribution in [0.4, 0.5) is 0 Å². The van der Waals surface area contributed by atoms with Crippen LogP contribution in [0.5, 0.6) is 0 Å². The third kappa shape index (κ3) is 2.16. The van der Waals surface area contributed by atoms with Crippen molar-refractivity contribution in [2.45, 2.75) is 13.8 Å². The molecule has 0 atom stereocenters.